The Bertz CT molecular complexity index is 350. The van der Waals surface area contributed by atoms with Crippen LogP contribution in [0.5, 0.6) is 0 Å². The second kappa shape index (κ2) is 8.39. The summed E-state index contributed by atoms with van der Waals surface area (Å²) in [6.07, 6.45) is 0.620. The van der Waals surface area contributed by atoms with E-state index in [0.29, 0.717) is 6.42 Å². The minimum Gasteiger partial charge on any atom is -0.481 e. The highest BCUT2D eigenvalue weighted by Gasteiger charge is 2.22. The van der Waals surface area contributed by atoms with Crippen molar-refractivity contribution in [1.82, 2.24) is 16.0 Å². The Labute approximate surface area is 119 Å². The monoisotopic (exact) mass is 287 g/mol. The standard InChI is InChI=1S/C13H25N3O4/c1-13(2,3)8-9(7-11(18)19)16-12(20)15-6-5-10(17)14-4/h9H,5-8H2,1-4H3,(H,14,17)(H,18,19)(H2,15,16,20). The Morgan fingerprint density at radius 2 is 1.80 bits per heavy atom. The van der Waals surface area contributed by atoms with Crippen LogP contribution in [0.4, 0.5) is 4.79 Å². The molecule has 0 rings (SSSR count). The summed E-state index contributed by atoms with van der Waals surface area (Å²) in [4.78, 5) is 33.4. The average Bonchev–Trinajstić information content (AvgIpc) is 2.25. The van der Waals surface area contributed by atoms with E-state index in [0.717, 1.165) is 0 Å². The van der Waals surface area contributed by atoms with Crippen LogP contribution in [0.25, 0.3) is 0 Å². The van der Waals surface area contributed by atoms with Crippen molar-refractivity contribution in [2.45, 2.75) is 46.1 Å². The van der Waals surface area contributed by atoms with Crippen molar-refractivity contribution in [2.24, 2.45) is 5.41 Å². The molecular formula is C13H25N3O4. The van der Waals surface area contributed by atoms with Gasteiger partial charge in [0.25, 0.3) is 0 Å². The van der Waals surface area contributed by atoms with Crippen LogP contribution in [-0.4, -0.2) is 42.6 Å². The van der Waals surface area contributed by atoms with Crippen molar-refractivity contribution >= 4 is 17.9 Å². The highest BCUT2D eigenvalue weighted by Crippen LogP contribution is 2.22. The third-order valence-corrected chi connectivity index (χ3v) is 2.53. The van der Waals surface area contributed by atoms with Gasteiger partial charge in [-0.1, -0.05) is 20.8 Å². The molecular weight excluding hydrogens is 262 g/mol. The zero-order valence-corrected chi connectivity index (χ0v) is 12.6. The molecule has 7 nitrogen and oxygen atoms in total. The number of nitrogens with one attached hydrogen (secondary N) is 3. The van der Waals surface area contributed by atoms with E-state index in [9.17, 15) is 14.4 Å². The van der Waals surface area contributed by atoms with E-state index in [1.165, 1.54) is 7.05 Å². The van der Waals surface area contributed by atoms with Crippen LogP contribution in [0, 0.1) is 5.41 Å². The summed E-state index contributed by atoms with van der Waals surface area (Å²) >= 11 is 0. The number of carboxylic acids is 1. The van der Waals surface area contributed by atoms with Crippen molar-refractivity contribution in [3.8, 4) is 0 Å². The predicted molar refractivity (Wildman–Crippen MR) is 75.3 cm³/mol. The van der Waals surface area contributed by atoms with Crippen molar-refractivity contribution in [1.29, 1.82) is 0 Å². The zero-order valence-electron chi connectivity index (χ0n) is 12.6. The summed E-state index contributed by atoms with van der Waals surface area (Å²) < 4.78 is 0. The summed E-state index contributed by atoms with van der Waals surface area (Å²) in [6, 6.07) is -0.892. The molecule has 0 aliphatic carbocycles. The van der Waals surface area contributed by atoms with Gasteiger partial charge in [-0.3, -0.25) is 9.59 Å². The van der Waals surface area contributed by atoms with E-state index in [4.69, 9.17) is 5.11 Å². The predicted octanol–water partition coefficient (Wildman–Crippen LogP) is 0.701. The molecule has 0 spiro atoms. The van der Waals surface area contributed by atoms with Gasteiger partial charge in [0.1, 0.15) is 0 Å². The van der Waals surface area contributed by atoms with Crippen LogP contribution in [-0.2, 0) is 9.59 Å². The van der Waals surface area contributed by atoms with Gasteiger partial charge in [-0.05, 0) is 11.8 Å². The topological polar surface area (TPSA) is 108 Å². The molecule has 116 valence electrons. The highest BCUT2D eigenvalue weighted by molar-refractivity contribution is 5.78. The minimum atomic E-state index is -0.954. The maximum Gasteiger partial charge on any atom is 0.315 e. The molecule has 0 heterocycles. The molecule has 0 bridgehead atoms. The zero-order chi connectivity index (χ0) is 15.8. The van der Waals surface area contributed by atoms with E-state index in [1.807, 2.05) is 20.8 Å². The summed E-state index contributed by atoms with van der Waals surface area (Å²) in [7, 11) is 1.52. The normalized spacial score (nSPS) is 12.4. The molecule has 0 aliphatic heterocycles. The fourth-order valence-corrected chi connectivity index (χ4v) is 1.78. The smallest absolute Gasteiger partial charge is 0.315 e. The lowest BCUT2D eigenvalue weighted by Gasteiger charge is -2.25. The number of aliphatic carboxylic acids is 1. The van der Waals surface area contributed by atoms with Gasteiger partial charge in [0.05, 0.1) is 6.42 Å². The summed E-state index contributed by atoms with van der Waals surface area (Å²) in [5.74, 6) is -1.12. The maximum absolute atomic E-state index is 11.6. The van der Waals surface area contributed by atoms with Crippen molar-refractivity contribution < 1.29 is 19.5 Å². The molecule has 0 fully saturated rings. The van der Waals surface area contributed by atoms with Crippen molar-refractivity contribution in [2.75, 3.05) is 13.6 Å². The molecule has 3 amide bonds. The first-order valence-corrected chi connectivity index (χ1v) is 6.61. The number of carboxylic acid groups (broad SMARTS) is 1. The summed E-state index contributed by atoms with van der Waals surface area (Å²) in [6.45, 7) is 6.15. The SMILES string of the molecule is CNC(=O)CCNC(=O)NC(CC(=O)O)CC(C)(C)C. The largest absolute Gasteiger partial charge is 0.481 e. The van der Waals surface area contributed by atoms with Gasteiger partial charge >= 0.3 is 12.0 Å². The maximum atomic E-state index is 11.6. The van der Waals surface area contributed by atoms with Gasteiger partial charge in [0.15, 0.2) is 0 Å². The molecule has 20 heavy (non-hydrogen) atoms. The number of rotatable bonds is 7. The molecule has 4 N–H and O–H groups in total. The molecule has 0 aromatic rings. The fraction of sp³-hybridized carbons (Fsp3) is 0.769. The third kappa shape index (κ3) is 10.2. The first kappa shape index (κ1) is 18.2. The lowest BCUT2D eigenvalue weighted by molar-refractivity contribution is -0.137. The Hall–Kier alpha value is -1.79. The fourth-order valence-electron chi connectivity index (χ4n) is 1.78. The summed E-state index contributed by atoms with van der Waals surface area (Å²) in [5, 5.41) is 16.5. The first-order chi connectivity index (χ1) is 9.14. The molecule has 7 heteroatoms. The lowest BCUT2D eigenvalue weighted by Crippen LogP contribution is -2.45. The highest BCUT2D eigenvalue weighted by atomic mass is 16.4. The summed E-state index contributed by atoms with van der Waals surface area (Å²) in [5.41, 5.74) is -0.0878. The van der Waals surface area contributed by atoms with Crippen LogP contribution in [0.3, 0.4) is 0 Å². The second-order valence-electron chi connectivity index (χ2n) is 5.88. The van der Waals surface area contributed by atoms with E-state index >= 15 is 0 Å². The molecule has 0 aromatic carbocycles. The van der Waals surface area contributed by atoms with Crippen LogP contribution < -0.4 is 16.0 Å². The minimum absolute atomic E-state index is 0.0878. The third-order valence-electron chi connectivity index (χ3n) is 2.53. The number of hydrogen-bond acceptors (Lipinski definition) is 3. The van der Waals surface area contributed by atoms with Gasteiger partial charge in [0, 0.05) is 26.1 Å². The van der Waals surface area contributed by atoms with Crippen LogP contribution in [0.2, 0.25) is 0 Å². The number of urea groups is 1. The molecule has 0 saturated heterocycles. The van der Waals surface area contributed by atoms with E-state index in [2.05, 4.69) is 16.0 Å². The number of amides is 3. The van der Waals surface area contributed by atoms with E-state index in [-0.39, 0.29) is 30.7 Å². The molecule has 1 unspecified atom stereocenters. The Kier molecular flexibility index (Phi) is 7.64. The van der Waals surface area contributed by atoms with Gasteiger partial charge in [-0.15, -0.1) is 0 Å². The molecule has 0 aromatic heterocycles. The molecule has 1 atom stereocenters. The van der Waals surface area contributed by atoms with Crippen LogP contribution >= 0.6 is 0 Å². The van der Waals surface area contributed by atoms with Gasteiger partial charge in [-0.2, -0.15) is 0 Å². The average molecular weight is 287 g/mol. The van der Waals surface area contributed by atoms with Crippen molar-refractivity contribution in [3.63, 3.8) is 0 Å². The van der Waals surface area contributed by atoms with Crippen molar-refractivity contribution in [3.05, 3.63) is 0 Å². The van der Waals surface area contributed by atoms with Crippen LogP contribution in [0.15, 0.2) is 0 Å². The van der Waals surface area contributed by atoms with Gasteiger partial charge in [0.2, 0.25) is 5.91 Å². The number of carbonyl (C=O) groups excluding carboxylic acids is 2. The Morgan fingerprint density at radius 1 is 1.20 bits per heavy atom. The lowest BCUT2D eigenvalue weighted by atomic mass is 9.87. The second-order valence-corrected chi connectivity index (χ2v) is 5.88. The Balaban J connectivity index is 4.24. The quantitative estimate of drug-likeness (QED) is 0.553. The van der Waals surface area contributed by atoms with E-state index in [1.54, 1.807) is 0 Å². The van der Waals surface area contributed by atoms with Crippen LogP contribution in [0.1, 0.15) is 40.0 Å². The van der Waals surface area contributed by atoms with Gasteiger partial charge in [-0.25, -0.2) is 4.79 Å². The molecule has 0 saturated carbocycles. The molecule has 0 aliphatic rings. The Morgan fingerprint density at radius 3 is 2.25 bits per heavy atom. The number of carbonyl (C=O) groups is 3. The molecule has 0 radical (unpaired) electrons. The van der Waals surface area contributed by atoms with E-state index < -0.39 is 18.0 Å². The first-order valence-electron chi connectivity index (χ1n) is 6.61. The number of hydrogen-bond donors (Lipinski definition) is 4. The van der Waals surface area contributed by atoms with Gasteiger partial charge < -0.3 is 21.1 Å².